The Morgan fingerprint density at radius 1 is 1.32 bits per heavy atom. The fourth-order valence-corrected chi connectivity index (χ4v) is 4.04. The van der Waals surface area contributed by atoms with E-state index in [1.807, 2.05) is 17.5 Å². The number of methoxy groups -OCH3 is 1. The number of hydrogen-bond donors (Lipinski definition) is 3. The van der Waals surface area contributed by atoms with Crippen molar-refractivity contribution >= 4 is 23.0 Å². The van der Waals surface area contributed by atoms with Crippen molar-refractivity contribution in [2.45, 2.75) is 6.04 Å². The fourth-order valence-electron chi connectivity index (χ4n) is 3.31. The standard InChI is InChI=1S/C17H13N7O3S/c1-27-10-7-8(4-5-9(10)25)15-12-13(11-3-2-6-28-11)19-20-16(26)14(12)18-17-21-22-23-24(15)17/h2-7,15,25H,1H3,(H,20,26)(H,18,21,23)/t15-/m1/s1. The lowest BCUT2D eigenvalue weighted by atomic mass is 9.94. The van der Waals surface area contributed by atoms with Crippen molar-refractivity contribution in [2.24, 2.45) is 0 Å². The Kier molecular flexibility index (Phi) is 3.62. The average molecular weight is 395 g/mol. The predicted octanol–water partition coefficient (Wildman–Crippen LogP) is 1.89. The zero-order chi connectivity index (χ0) is 19.3. The van der Waals surface area contributed by atoms with E-state index in [0.29, 0.717) is 28.6 Å². The van der Waals surface area contributed by atoms with Gasteiger partial charge in [0.2, 0.25) is 5.95 Å². The largest absolute Gasteiger partial charge is 0.504 e. The summed E-state index contributed by atoms with van der Waals surface area (Å²) in [5, 5.41) is 33.5. The summed E-state index contributed by atoms with van der Waals surface area (Å²) in [7, 11) is 1.47. The van der Waals surface area contributed by atoms with Gasteiger partial charge >= 0.3 is 0 Å². The molecule has 4 heterocycles. The highest BCUT2D eigenvalue weighted by Gasteiger charge is 2.34. The van der Waals surface area contributed by atoms with Crippen LogP contribution in [-0.2, 0) is 0 Å². The van der Waals surface area contributed by atoms with Crippen LogP contribution in [0.4, 0.5) is 11.6 Å². The van der Waals surface area contributed by atoms with Crippen molar-refractivity contribution in [3.63, 3.8) is 0 Å². The Balaban J connectivity index is 1.82. The molecule has 3 N–H and O–H groups in total. The third-order valence-corrected chi connectivity index (χ3v) is 5.42. The molecule has 0 fully saturated rings. The van der Waals surface area contributed by atoms with Gasteiger partial charge in [0.1, 0.15) is 17.4 Å². The topological polar surface area (TPSA) is 131 Å². The number of ether oxygens (including phenoxy) is 1. The number of aromatic amines is 1. The number of benzene rings is 1. The van der Waals surface area contributed by atoms with E-state index < -0.39 is 6.04 Å². The molecule has 0 aliphatic carbocycles. The first kappa shape index (κ1) is 16.4. The van der Waals surface area contributed by atoms with Crippen molar-refractivity contribution in [3.05, 3.63) is 57.2 Å². The normalized spacial score (nSPS) is 14.8. The van der Waals surface area contributed by atoms with E-state index in [4.69, 9.17) is 4.74 Å². The van der Waals surface area contributed by atoms with Crippen LogP contribution < -0.4 is 15.6 Å². The summed E-state index contributed by atoms with van der Waals surface area (Å²) in [4.78, 5) is 13.4. The monoisotopic (exact) mass is 395 g/mol. The van der Waals surface area contributed by atoms with Crippen molar-refractivity contribution < 1.29 is 9.84 Å². The average Bonchev–Trinajstić information content (AvgIpc) is 3.39. The van der Waals surface area contributed by atoms with Crippen LogP contribution in [0.5, 0.6) is 11.5 Å². The number of anilines is 2. The third-order valence-electron chi connectivity index (χ3n) is 4.54. The SMILES string of the molecule is COc1cc([C@@H]2c3c(-c4cccs4)n[nH]c(=O)c3Nc3nnnn32)ccc1O. The Bertz CT molecular complexity index is 1230. The molecule has 140 valence electrons. The highest BCUT2D eigenvalue weighted by molar-refractivity contribution is 7.13. The number of fused-ring (bicyclic) bond motifs is 2. The first-order valence-corrected chi connectivity index (χ1v) is 9.13. The Morgan fingerprint density at radius 3 is 3.00 bits per heavy atom. The number of tetrazole rings is 1. The minimum Gasteiger partial charge on any atom is -0.504 e. The number of phenolic OH excluding ortho intramolecular Hbond substituents is 1. The lowest BCUT2D eigenvalue weighted by Crippen LogP contribution is -2.29. The number of aromatic nitrogens is 6. The number of nitrogens with zero attached hydrogens (tertiary/aromatic N) is 5. The number of thiophene rings is 1. The molecule has 0 spiro atoms. The van der Waals surface area contributed by atoms with Crippen LogP contribution in [0.1, 0.15) is 17.2 Å². The molecule has 1 atom stereocenters. The molecule has 11 heteroatoms. The smallest absolute Gasteiger partial charge is 0.288 e. The van der Waals surface area contributed by atoms with Gasteiger partial charge < -0.3 is 15.2 Å². The predicted molar refractivity (Wildman–Crippen MR) is 101 cm³/mol. The number of nitrogens with one attached hydrogen (secondary N) is 2. The molecule has 0 saturated carbocycles. The fraction of sp³-hybridized carbons (Fsp3) is 0.118. The molecule has 1 aromatic carbocycles. The van der Waals surface area contributed by atoms with E-state index in [2.05, 4.69) is 31.0 Å². The zero-order valence-corrected chi connectivity index (χ0v) is 15.3. The van der Waals surface area contributed by atoms with Crippen molar-refractivity contribution in [1.82, 2.24) is 30.4 Å². The van der Waals surface area contributed by atoms with Crippen molar-refractivity contribution in [1.29, 1.82) is 0 Å². The van der Waals surface area contributed by atoms with Gasteiger partial charge in [-0.05, 0) is 39.6 Å². The minimum atomic E-state index is -0.539. The summed E-state index contributed by atoms with van der Waals surface area (Å²) in [5.74, 6) is 0.654. The maximum atomic E-state index is 12.6. The van der Waals surface area contributed by atoms with Gasteiger partial charge in [-0.1, -0.05) is 17.2 Å². The molecule has 0 saturated heterocycles. The number of H-pyrrole nitrogens is 1. The zero-order valence-electron chi connectivity index (χ0n) is 14.4. The Morgan fingerprint density at radius 2 is 2.21 bits per heavy atom. The van der Waals surface area contributed by atoms with E-state index in [-0.39, 0.29) is 11.3 Å². The summed E-state index contributed by atoms with van der Waals surface area (Å²) in [6, 6.07) is 8.27. The van der Waals surface area contributed by atoms with E-state index in [1.165, 1.54) is 24.5 Å². The van der Waals surface area contributed by atoms with Crippen molar-refractivity contribution in [3.8, 4) is 22.1 Å². The van der Waals surface area contributed by atoms with Gasteiger partial charge in [0.05, 0.1) is 12.0 Å². The summed E-state index contributed by atoms with van der Waals surface area (Å²) < 4.78 is 6.83. The molecule has 28 heavy (non-hydrogen) atoms. The van der Waals surface area contributed by atoms with Crippen LogP contribution in [0.25, 0.3) is 10.6 Å². The van der Waals surface area contributed by atoms with Gasteiger partial charge in [-0.3, -0.25) is 4.79 Å². The maximum absolute atomic E-state index is 12.6. The lowest BCUT2D eigenvalue weighted by molar-refractivity contribution is 0.372. The highest BCUT2D eigenvalue weighted by Crippen LogP contribution is 2.43. The second kappa shape index (κ2) is 6.16. The molecule has 3 aromatic heterocycles. The van der Waals surface area contributed by atoms with Crippen LogP contribution in [0.2, 0.25) is 0 Å². The quantitative estimate of drug-likeness (QED) is 0.422. The molecule has 0 radical (unpaired) electrons. The summed E-state index contributed by atoms with van der Waals surface area (Å²) in [6.45, 7) is 0. The van der Waals surface area contributed by atoms with Gasteiger partial charge in [-0.25, -0.2) is 5.10 Å². The summed E-state index contributed by atoms with van der Waals surface area (Å²) in [6.07, 6.45) is 0. The van der Waals surface area contributed by atoms with Crippen LogP contribution in [-0.4, -0.2) is 42.6 Å². The van der Waals surface area contributed by atoms with Gasteiger partial charge in [0.25, 0.3) is 5.56 Å². The molecule has 4 aromatic rings. The van der Waals surface area contributed by atoms with Gasteiger partial charge in [0.15, 0.2) is 11.5 Å². The molecule has 1 aliphatic rings. The Hall–Kier alpha value is -3.73. The molecular formula is C17H13N7O3S. The second-order valence-corrected chi connectivity index (χ2v) is 7.02. The second-order valence-electron chi connectivity index (χ2n) is 6.07. The van der Waals surface area contributed by atoms with E-state index in [9.17, 15) is 9.90 Å². The molecule has 1 aliphatic heterocycles. The first-order valence-electron chi connectivity index (χ1n) is 8.25. The van der Waals surface area contributed by atoms with Crippen molar-refractivity contribution in [2.75, 3.05) is 12.4 Å². The van der Waals surface area contributed by atoms with Crippen LogP contribution >= 0.6 is 11.3 Å². The number of rotatable bonds is 3. The molecule has 0 amide bonds. The molecule has 0 unspecified atom stereocenters. The highest BCUT2D eigenvalue weighted by atomic mass is 32.1. The molecular weight excluding hydrogens is 382 g/mol. The maximum Gasteiger partial charge on any atom is 0.288 e. The summed E-state index contributed by atoms with van der Waals surface area (Å²) in [5.41, 5.74) is 1.95. The van der Waals surface area contributed by atoms with Gasteiger partial charge in [0, 0.05) is 5.56 Å². The molecule has 0 bridgehead atoms. The number of phenols is 1. The lowest BCUT2D eigenvalue weighted by Gasteiger charge is -2.27. The molecule has 10 nitrogen and oxygen atoms in total. The number of hydrogen-bond acceptors (Lipinski definition) is 9. The Labute approximate surface area is 161 Å². The van der Waals surface area contributed by atoms with Crippen LogP contribution in [0.15, 0.2) is 40.5 Å². The van der Waals surface area contributed by atoms with E-state index in [1.54, 1.807) is 16.8 Å². The van der Waals surface area contributed by atoms with Crippen LogP contribution in [0, 0.1) is 0 Å². The van der Waals surface area contributed by atoms with E-state index >= 15 is 0 Å². The van der Waals surface area contributed by atoms with Crippen LogP contribution in [0.3, 0.4) is 0 Å². The molecule has 5 rings (SSSR count). The number of aromatic hydroxyl groups is 1. The van der Waals surface area contributed by atoms with Gasteiger partial charge in [-0.15, -0.1) is 11.3 Å². The van der Waals surface area contributed by atoms with Gasteiger partial charge in [-0.2, -0.15) is 9.78 Å². The first-order chi connectivity index (χ1) is 13.7. The summed E-state index contributed by atoms with van der Waals surface area (Å²) >= 11 is 1.51. The third kappa shape index (κ3) is 2.36. The minimum absolute atomic E-state index is 0.0138. The van der Waals surface area contributed by atoms with E-state index in [0.717, 1.165) is 10.4 Å².